The second-order valence-corrected chi connectivity index (χ2v) is 10.6. The first-order valence-corrected chi connectivity index (χ1v) is 12.8. The normalized spacial score (nSPS) is 19.6. The number of rotatable bonds is 9. The summed E-state index contributed by atoms with van der Waals surface area (Å²) in [7, 11) is 0. The lowest BCUT2D eigenvalue weighted by molar-refractivity contribution is -0.138. The highest BCUT2D eigenvalue weighted by Crippen LogP contribution is 2.25. The fraction of sp³-hybridized carbons (Fsp3) is 0.500. The summed E-state index contributed by atoms with van der Waals surface area (Å²) in [4.78, 5) is 30.0. The number of amides is 2. The molecule has 7 heteroatoms. The van der Waals surface area contributed by atoms with Gasteiger partial charge in [-0.2, -0.15) is 0 Å². The molecule has 1 aliphatic rings. The van der Waals surface area contributed by atoms with E-state index in [0.29, 0.717) is 31.0 Å². The predicted octanol–water partition coefficient (Wildman–Crippen LogP) is 5.24. The van der Waals surface area contributed by atoms with Gasteiger partial charge in [0, 0.05) is 62.0 Å². The van der Waals surface area contributed by atoms with Crippen LogP contribution in [0.5, 0.6) is 0 Å². The van der Waals surface area contributed by atoms with Gasteiger partial charge in [-0.1, -0.05) is 49.7 Å². The lowest BCUT2D eigenvalue weighted by Crippen LogP contribution is -2.57. The molecule has 3 rings (SSSR count). The first-order valence-electron chi connectivity index (χ1n) is 12.4. The summed E-state index contributed by atoms with van der Waals surface area (Å²) < 4.78 is 13.3. The van der Waals surface area contributed by atoms with E-state index in [0.717, 1.165) is 24.2 Å². The molecule has 0 aliphatic carbocycles. The molecule has 0 saturated carbocycles. The fourth-order valence-electron chi connectivity index (χ4n) is 4.64. The highest BCUT2D eigenvalue weighted by atomic mass is 35.5. The molecule has 190 valence electrons. The second kappa shape index (κ2) is 12.5. The first-order chi connectivity index (χ1) is 16.6. The van der Waals surface area contributed by atoms with Crippen LogP contribution in [0, 0.1) is 11.7 Å². The van der Waals surface area contributed by atoms with Crippen LogP contribution in [0.3, 0.4) is 0 Å². The molecule has 1 fully saturated rings. The highest BCUT2D eigenvalue weighted by molar-refractivity contribution is 6.30. The van der Waals surface area contributed by atoms with E-state index in [1.54, 1.807) is 0 Å². The molecule has 5 nitrogen and oxygen atoms in total. The quantitative estimate of drug-likeness (QED) is 0.511. The summed E-state index contributed by atoms with van der Waals surface area (Å²) in [5.74, 6) is 0.00246. The maximum Gasteiger partial charge on any atom is 0.223 e. The third-order valence-corrected chi connectivity index (χ3v) is 6.89. The molecule has 2 aromatic rings. The number of nitrogens with one attached hydrogen (secondary N) is 1. The van der Waals surface area contributed by atoms with Gasteiger partial charge in [0.05, 0.1) is 0 Å². The first kappa shape index (κ1) is 27.2. The topological polar surface area (TPSA) is 52.7 Å². The van der Waals surface area contributed by atoms with E-state index in [1.807, 2.05) is 55.1 Å². The molecule has 1 heterocycles. The maximum absolute atomic E-state index is 13.5. The van der Waals surface area contributed by atoms with Crippen LogP contribution in [0.1, 0.15) is 57.6 Å². The standard InChI is InChI=1S/C28H37ClFN3O2/c1-19(2)13-27(34)31-15-24(23-7-9-25(29)10-8-23)14-28(35)33-17-20(3)32(16-21(33)4)18-22-5-11-26(30)12-6-22/h5-12,19-21,24H,13-18H2,1-4H3,(H,31,34)/t20-,21+,24?/m0/s1. The zero-order valence-corrected chi connectivity index (χ0v) is 21.9. The molecule has 0 spiro atoms. The predicted molar refractivity (Wildman–Crippen MR) is 139 cm³/mol. The molecule has 2 aromatic carbocycles. The number of nitrogens with zero attached hydrogens (tertiary/aromatic N) is 2. The van der Waals surface area contributed by atoms with Crippen molar-refractivity contribution in [3.8, 4) is 0 Å². The molecular weight excluding hydrogens is 465 g/mol. The monoisotopic (exact) mass is 501 g/mol. The lowest BCUT2D eigenvalue weighted by Gasteiger charge is -2.44. The Balaban J connectivity index is 1.65. The third kappa shape index (κ3) is 8.04. The van der Waals surface area contributed by atoms with Gasteiger partial charge in [0.25, 0.3) is 0 Å². The van der Waals surface area contributed by atoms with Gasteiger partial charge < -0.3 is 10.2 Å². The average Bonchev–Trinajstić information content (AvgIpc) is 2.80. The van der Waals surface area contributed by atoms with E-state index < -0.39 is 0 Å². The molecule has 0 radical (unpaired) electrons. The Hall–Kier alpha value is -2.44. The minimum absolute atomic E-state index is 0.00260. The van der Waals surface area contributed by atoms with E-state index in [9.17, 15) is 14.0 Å². The Morgan fingerprint density at radius 1 is 1.00 bits per heavy atom. The minimum atomic E-state index is -0.235. The van der Waals surface area contributed by atoms with Crippen LogP contribution in [0.15, 0.2) is 48.5 Å². The Labute approximate surface area is 213 Å². The Kier molecular flexibility index (Phi) is 9.70. The molecular formula is C28H37ClFN3O2. The van der Waals surface area contributed by atoms with E-state index >= 15 is 0 Å². The summed E-state index contributed by atoms with van der Waals surface area (Å²) in [5, 5.41) is 3.66. The Morgan fingerprint density at radius 3 is 2.29 bits per heavy atom. The van der Waals surface area contributed by atoms with Crippen LogP contribution in [0.25, 0.3) is 0 Å². The van der Waals surface area contributed by atoms with E-state index in [4.69, 9.17) is 11.6 Å². The van der Waals surface area contributed by atoms with Gasteiger partial charge >= 0.3 is 0 Å². The van der Waals surface area contributed by atoms with E-state index in [-0.39, 0.29) is 41.6 Å². The van der Waals surface area contributed by atoms with Crippen LogP contribution < -0.4 is 5.32 Å². The van der Waals surface area contributed by atoms with E-state index in [1.165, 1.54) is 12.1 Å². The molecule has 1 unspecified atom stereocenters. The van der Waals surface area contributed by atoms with Crippen LogP contribution in [-0.4, -0.2) is 53.3 Å². The number of halogens is 2. The van der Waals surface area contributed by atoms with Crippen molar-refractivity contribution in [3.05, 3.63) is 70.5 Å². The van der Waals surface area contributed by atoms with Gasteiger partial charge in [0.15, 0.2) is 0 Å². The SMILES string of the molecule is CC(C)CC(=O)NCC(CC(=O)N1C[C@H](C)N(Cc2ccc(F)cc2)C[C@H]1C)c1ccc(Cl)cc1. The molecule has 0 bridgehead atoms. The number of carbonyl (C=O) groups excluding carboxylic acids is 2. The summed E-state index contributed by atoms with van der Waals surface area (Å²) in [6.45, 7) is 10.7. The molecule has 1 N–H and O–H groups in total. The van der Waals surface area contributed by atoms with Crippen LogP contribution >= 0.6 is 11.6 Å². The average molecular weight is 502 g/mol. The molecule has 2 amide bonds. The van der Waals surface area contributed by atoms with Crippen molar-refractivity contribution >= 4 is 23.4 Å². The van der Waals surface area contributed by atoms with Gasteiger partial charge in [0.2, 0.25) is 11.8 Å². The van der Waals surface area contributed by atoms with E-state index in [2.05, 4.69) is 24.1 Å². The van der Waals surface area contributed by atoms with Crippen molar-refractivity contribution in [2.24, 2.45) is 5.92 Å². The van der Waals surface area contributed by atoms with Crippen LogP contribution in [0.4, 0.5) is 4.39 Å². The van der Waals surface area contributed by atoms with Crippen molar-refractivity contribution in [3.63, 3.8) is 0 Å². The molecule has 1 saturated heterocycles. The highest BCUT2D eigenvalue weighted by Gasteiger charge is 2.33. The van der Waals surface area contributed by atoms with Crippen molar-refractivity contribution in [1.29, 1.82) is 0 Å². The number of piperazine rings is 1. The summed E-state index contributed by atoms with van der Waals surface area (Å²) in [6, 6.07) is 14.3. The number of carbonyl (C=O) groups is 2. The van der Waals surface area contributed by atoms with Crippen molar-refractivity contribution in [2.45, 2.75) is 65.1 Å². The Bertz CT molecular complexity index is 981. The van der Waals surface area contributed by atoms with Crippen molar-refractivity contribution < 1.29 is 14.0 Å². The van der Waals surface area contributed by atoms with Gasteiger partial charge in [-0.25, -0.2) is 4.39 Å². The lowest BCUT2D eigenvalue weighted by atomic mass is 9.94. The number of hydrogen-bond acceptors (Lipinski definition) is 3. The number of hydrogen-bond donors (Lipinski definition) is 1. The molecule has 1 aliphatic heterocycles. The second-order valence-electron chi connectivity index (χ2n) is 10.2. The van der Waals surface area contributed by atoms with Gasteiger partial charge in [0.1, 0.15) is 5.82 Å². The fourth-order valence-corrected chi connectivity index (χ4v) is 4.77. The molecule has 35 heavy (non-hydrogen) atoms. The zero-order valence-electron chi connectivity index (χ0n) is 21.1. The van der Waals surface area contributed by atoms with Gasteiger partial charge in [-0.3, -0.25) is 14.5 Å². The smallest absolute Gasteiger partial charge is 0.223 e. The van der Waals surface area contributed by atoms with Crippen LogP contribution in [0.2, 0.25) is 5.02 Å². The summed E-state index contributed by atoms with van der Waals surface area (Å²) in [6.07, 6.45) is 0.782. The van der Waals surface area contributed by atoms with Crippen LogP contribution in [-0.2, 0) is 16.1 Å². The summed E-state index contributed by atoms with van der Waals surface area (Å²) in [5.41, 5.74) is 2.05. The van der Waals surface area contributed by atoms with Crippen molar-refractivity contribution in [1.82, 2.24) is 15.1 Å². The van der Waals surface area contributed by atoms with Crippen molar-refractivity contribution in [2.75, 3.05) is 19.6 Å². The minimum Gasteiger partial charge on any atom is -0.355 e. The molecule has 3 atom stereocenters. The third-order valence-electron chi connectivity index (χ3n) is 6.64. The van der Waals surface area contributed by atoms with Gasteiger partial charge in [-0.05, 0) is 55.2 Å². The van der Waals surface area contributed by atoms with Gasteiger partial charge in [-0.15, -0.1) is 0 Å². The number of benzene rings is 2. The zero-order chi connectivity index (χ0) is 25.5. The maximum atomic E-state index is 13.5. The summed E-state index contributed by atoms with van der Waals surface area (Å²) >= 11 is 6.08. The molecule has 0 aromatic heterocycles. The largest absolute Gasteiger partial charge is 0.355 e. The Morgan fingerprint density at radius 2 is 1.66 bits per heavy atom.